The molecule has 1 aromatic heterocycles. The van der Waals surface area contributed by atoms with E-state index in [1.165, 1.54) is 0 Å². The Morgan fingerprint density at radius 2 is 2.38 bits per heavy atom. The van der Waals surface area contributed by atoms with Crippen LogP contribution >= 0.6 is 0 Å². The highest BCUT2D eigenvalue weighted by atomic mass is 16.2. The predicted octanol–water partition coefficient (Wildman–Crippen LogP) is 0.101. The van der Waals surface area contributed by atoms with Gasteiger partial charge in [-0.1, -0.05) is 11.8 Å². The third-order valence-corrected chi connectivity index (χ3v) is 1.38. The average molecular weight is 177 g/mol. The monoisotopic (exact) mass is 177 g/mol. The number of hydrazine groups is 1. The molecule has 0 spiro atoms. The summed E-state index contributed by atoms with van der Waals surface area (Å²) in [5.41, 5.74) is 3.23. The maximum atomic E-state index is 8.48. The molecule has 4 heteroatoms. The van der Waals surface area contributed by atoms with Crippen LogP contribution in [-0.4, -0.2) is 16.7 Å². The third-order valence-electron chi connectivity index (χ3n) is 1.38. The Morgan fingerprint density at radius 1 is 1.54 bits per heavy atom. The minimum absolute atomic E-state index is 0.0862. The number of nitrogens with one attached hydrogen (secondary N) is 1. The highest BCUT2D eigenvalue weighted by Crippen LogP contribution is 2.01. The van der Waals surface area contributed by atoms with E-state index < -0.39 is 0 Å². The lowest BCUT2D eigenvalue weighted by molar-refractivity contribution is 0.305. The maximum Gasteiger partial charge on any atom is 0.139 e. The largest absolute Gasteiger partial charge is 0.395 e. The first-order valence-corrected chi connectivity index (χ1v) is 3.89. The fraction of sp³-hybridized carbons (Fsp3) is 0.222. The first-order valence-electron chi connectivity index (χ1n) is 3.89. The van der Waals surface area contributed by atoms with Crippen LogP contribution < -0.4 is 11.3 Å². The molecule has 0 aliphatic heterocycles. The second-order valence-corrected chi connectivity index (χ2v) is 2.35. The lowest BCUT2D eigenvalue weighted by Gasteiger charge is -1.96. The fourth-order valence-corrected chi connectivity index (χ4v) is 0.774. The van der Waals surface area contributed by atoms with Gasteiger partial charge in [-0.15, -0.1) is 0 Å². The van der Waals surface area contributed by atoms with Crippen LogP contribution in [-0.2, 0) is 0 Å². The molecule has 1 heterocycles. The van der Waals surface area contributed by atoms with Crippen molar-refractivity contribution in [3.05, 3.63) is 23.9 Å². The van der Waals surface area contributed by atoms with E-state index in [0.29, 0.717) is 12.2 Å². The molecular weight excluding hydrogens is 166 g/mol. The summed E-state index contributed by atoms with van der Waals surface area (Å²) in [5, 5.41) is 8.48. The van der Waals surface area contributed by atoms with Crippen molar-refractivity contribution in [2.45, 2.75) is 6.42 Å². The number of nitrogen functional groups attached to an aromatic ring is 1. The molecular formula is C9H11N3O. The number of hydrogen-bond acceptors (Lipinski definition) is 4. The summed E-state index contributed by atoms with van der Waals surface area (Å²) in [4.78, 5) is 3.97. The number of aromatic nitrogens is 1. The Hall–Kier alpha value is -1.57. The van der Waals surface area contributed by atoms with Crippen molar-refractivity contribution in [1.29, 1.82) is 0 Å². The van der Waals surface area contributed by atoms with Crippen molar-refractivity contribution < 1.29 is 5.11 Å². The molecule has 0 saturated heterocycles. The van der Waals surface area contributed by atoms with Gasteiger partial charge in [0.15, 0.2) is 0 Å². The van der Waals surface area contributed by atoms with Crippen LogP contribution in [0.1, 0.15) is 12.0 Å². The molecule has 0 bridgehead atoms. The molecule has 0 aromatic carbocycles. The summed E-state index contributed by atoms with van der Waals surface area (Å²) in [6.07, 6.45) is 2.11. The zero-order valence-corrected chi connectivity index (χ0v) is 7.12. The standard InChI is InChI=1S/C9H11N3O/c10-12-9-5-4-8(7-11-9)3-1-2-6-13/h4-5,7,13H,2,6,10H2,(H,11,12). The van der Waals surface area contributed by atoms with E-state index in [9.17, 15) is 0 Å². The normalized spacial score (nSPS) is 8.77. The van der Waals surface area contributed by atoms with Gasteiger partial charge >= 0.3 is 0 Å². The molecule has 0 amide bonds. The molecule has 0 aliphatic carbocycles. The second kappa shape index (κ2) is 5.14. The Labute approximate surface area is 76.8 Å². The zero-order valence-electron chi connectivity index (χ0n) is 7.12. The smallest absolute Gasteiger partial charge is 0.139 e. The van der Waals surface area contributed by atoms with Gasteiger partial charge in [0.25, 0.3) is 0 Å². The number of nitrogens with two attached hydrogens (primary N) is 1. The number of rotatable bonds is 2. The summed E-state index contributed by atoms with van der Waals surface area (Å²) in [5.74, 6) is 11.4. The highest BCUT2D eigenvalue weighted by molar-refractivity contribution is 5.39. The third kappa shape index (κ3) is 3.11. The SMILES string of the molecule is NNc1ccc(C#CCCO)cn1. The van der Waals surface area contributed by atoms with Crippen molar-refractivity contribution in [2.24, 2.45) is 5.84 Å². The van der Waals surface area contributed by atoms with E-state index in [0.717, 1.165) is 5.56 Å². The van der Waals surface area contributed by atoms with Crippen LogP contribution in [0.5, 0.6) is 0 Å². The molecule has 0 atom stereocenters. The van der Waals surface area contributed by atoms with Gasteiger partial charge in [0.1, 0.15) is 5.82 Å². The quantitative estimate of drug-likeness (QED) is 0.340. The number of aliphatic hydroxyl groups is 1. The van der Waals surface area contributed by atoms with Crippen molar-refractivity contribution in [1.82, 2.24) is 4.98 Å². The fourth-order valence-electron chi connectivity index (χ4n) is 0.774. The molecule has 1 rings (SSSR count). The van der Waals surface area contributed by atoms with E-state index in [-0.39, 0.29) is 6.61 Å². The summed E-state index contributed by atoms with van der Waals surface area (Å²) in [6, 6.07) is 3.55. The Bertz CT molecular complexity index is 310. The number of aliphatic hydroxyl groups excluding tert-OH is 1. The predicted molar refractivity (Wildman–Crippen MR) is 50.6 cm³/mol. The summed E-state index contributed by atoms with van der Waals surface area (Å²) < 4.78 is 0. The van der Waals surface area contributed by atoms with Gasteiger partial charge in [-0.3, -0.25) is 0 Å². The van der Waals surface area contributed by atoms with Crippen LogP contribution in [0.2, 0.25) is 0 Å². The molecule has 0 unspecified atom stereocenters. The Kier molecular flexibility index (Phi) is 3.76. The van der Waals surface area contributed by atoms with Gasteiger partial charge in [-0.2, -0.15) is 0 Å². The topological polar surface area (TPSA) is 71.2 Å². The van der Waals surface area contributed by atoms with Crippen molar-refractivity contribution in [3.8, 4) is 11.8 Å². The van der Waals surface area contributed by atoms with E-state index >= 15 is 0 Å². The summed E-state index contributed by atoms with van der Waals surface area (Å²) in [6.45, 7) is 0.0862. The van der Waals surface area contributed by atoms with E-state index in [1.54, 1.807) is 12.3 Å². The van der Waals surface area contributed by atoms with Crippen LogP contribution in [0.15, 0.2) is 18.3 Å². The van der Waals surface area contributed by atoms with Crippen molar-refractivity contribution >= 4 is 5.82 Å². The summed E-state index contributed by atoms with van der Waals surface area (Å²) >= 11 is 0. The van der Waals surface area contributed by atoms with Crippen LogP contribution in [0.4, 0.5) is 5.82 Å². The van der Waals surface area contributed by atoms with Gasteiger partial charge < -0.3 is 10.5 Å². The molecule has 0 radical (unpaired) electrons. The minimum atomic E-state index is 0.0862. The van der Waals surface area contributed by atoms with Gasteiger partial charge in [-0.05, 0) is 12.1 Å². The first kappa shape index (κ1) is 9.52. The van der Waals surface area contributed by atoms with E-state index in [1.807, 2.05) is 6.07 Å². The molecule has 4 N–H and O–H groups in total. The molecule has 0 saturated carbocycles. The van der Waals surface area contributed by atoms with Crippen molar-refractivity contribution in [2.75, 3.05) is 12.0 Å². The molecule has 4 nitrogen and oxygen atoms in total. The van der Waals surface area contributed by atoms with Crippen LogP contribution in [0, 0.1) is 11.8 Å². The summed E-state index contributed by atoms with van der Waals surface area (Å²) in [7, 11) is 0. The van der Waals surface area contributed by atoms with Gasteiger partial charge in [0.2, 0.25) is 0 Å². The number of anilines is 1. The zero-order chi connectivity index (χ0) is 9.52. The highest BCUT2D eigenvalue weighted by Gasteiger charge is 1.89. The van der Waals surface area contributed by atoms with Gasteiger partial charge in [-0.25, -0.2) is 10.8 Å². The average Bonchev–Trinajstić information content (AvgIpc) is 2.19. The lowest BCUT2D eigenvalue weighted by atomic mass is 10.3. The van der Waals surface area contributed by atoms with Gasteiger partial charge in [0.05, 0.1) is 6.61 Å². The van der Waals surface area contributed by atoms with Crippen molar-refractivity contribution in [3.63, 3.8) is 0 Å². The van der Waals surface area contributed by atoms with Gasteiger partial charge in [0, 0.05) is 18.2 Å². The molecule has 0 fully saturated rings. The number of hydrogen-bond donors (Lipinski definition) is 3. The van der Waals surface area contributed by atoms with E-state index in [2.05, 4.69) is 22.3 Å². The first-order chi connectivity index (χ1) is 6.36. The lowest BCUT2D eigenvalue weighted by Crippen LogP contribution is -2.07. The molecule has 1 aromatic rings. The number of nitrogens with zero attached hydrogens (tertiary/aromatic N) is 1. The Morgan fingerprint density at radius 3 is 2.92 bits per heavy atom. The number of pyridine rings is 1. The second-order valence-electron chi connectivity index (χ2n) is 2.35. The maximum absolute atomic E-state index is 8.48. The Balaban J connectivity index is 2.65. The minimum Gasteiger partial charge on any atom is -0.395 e. The molecule has 68 valence electrons. The van der Waals surface area contributed by atoms with Crippen LogP contribution in [0.25, 0.3) is 0 Å². The van der Waals surface area contributed by atoms with E-state index in [4.69, 9.17) is 10.9 Å². The molecule has 0 aliphatic rings. The molecule has 13 heavy (non-hydrogen) atoms. The van der Waals surface area contributed by atoms with Crippen LogP contribution in [0.3, 0.4) is 0 Å².